The van der Waals surface area contributed by atoms with Crippen LogP contribution in [0.4, 0.5) is 11.5 Å². The van der Waals surface area contributed by atoms with E-state index in [0.717, 1.165) is 0 Å². The van der Waals surface area contributed by atoms with Crippen LogP contribution in [-0.2, 0) is 4.79 Å². The molecule has 1 fully saturated rings. The van der Waals surface area contributed by atoms with Gasteiger partial charge in [0.2, 0.25) is 5.82 Å². The van der Waals surface area contributed by atoms with E-state index in [1.165, 1.54) is 17.2 Å². The van der Waals surface area contributed by atoms with Gasteiger partial charge in [0.1, 0.15) is 17.7 Å². The van der Waals surface area contributed by atoms with Crippen molar-refractivity contribution in [2.75, 3.05) is 11.4 Å². The minimum atomic E-state index is -1.05. The van der Waals surface area contributed by atoms with Crippen LogP contribution in [0.25, 0.3) is 0 Å². The average Bonchev–Trinajstić information content (AvgIpc) is 2.79. The number of nitro groups is 1. The van der Waals surface area contributed by atoms with Crippen molar-refractivity contribution in [1.29, 1.82) is 5.26 Å². The normalized spacial score (nSPS) is 21.5. The predicted molar refractivity (Wildman–Crippen MR) is 68.2 cm³/mol. The molecule has 2 heterocycles. The van der Waals surface area contributed by atoms with E-state index in [1.807, 2.05) is 0 Å². The zero-order chi connectivity index (χ0) is 14.9. The minimum absolute atomic E-state index is 0.0502. The highest BCUT2D eigenvalue weighted by Gasteiger charge is 2.40. The fraction of sp³-hybridized carbons (Fsp3) is 0.417. The second kappa shape index (κ2) is 5.13. The van der Waals surface area contributed by atoms with Gasteiger partial charge in [-0.05, 0) is 18.4 Å². The lowest BCUT2D eigenvalue weighted by Crippen LogP contribution is -2.39. The molecule has 1 aromatic rings. The Labute approximate surface area is 114 Å². The maximum absolute atomic E-state index is 11.3. The number of carboxylic acids is 1. The molecule has 0 bridgehead atoms. The number of carboxylic acid groups (broad SMARTS) is 1. The predicted octanol–water partition coefficient (Wildman–Crippen LogP) is 1.16. The zero-order valence-corrected chi connectivity index (χ0v) is 10.7. The first kappa shape index (κ1) is 13.7. The van der Waals surface area contributed by atoms with Crippen LogP contribution in [0.1, 0.15) is 18.9 Å². The summed E-state index contributed by atoms with van der Waals surface area (Å²) in [6.45, 7) is 2.14. The van der Waals surface area contributed by atoms with E-state index in [4.69, 9.17) is 5.26 Å². The lowest BCUT2D eigenvalue weighted by Gasteiger charge is -2.24. The molecule has 0 aromatic carbocycles. The Kier molecular flexibility index (Phi) is 3.52. The van der Waals surface area contributed by atoms with Gasteiger partial charge in [-0.1, -0.05) is 6.92 Å². The highest BCUT2D eigenvalue weighted by atomic mass is 16.6. The number of hydrogen-bond donors (Lipinski definition) is 1. The summed E-state index contributed by atoms with van der Waals surface area (Å²) in [5, 5.41) is 29.4. The molecule has 1 saturated heterocycles. The maximum Gasteiger partial charge on any atom is 0.329 e. The van der Waals surface area contributed by atoms with Gasteiger partial charge in [-0.3, -0.25) is 10.1 Å². The number of anilines is 1. The summed E-state index contributed by atoms with van der Waals surface area (Å²) in [4.78, 5) is 27.1. The standard InChI is InChI=1S/C12H12N4O4/c1-7-3-5-15(9(7)12(17)18)11-10(16(19)20)8(6-13)2-4-14-11/h2,4,7,9H,3,5H2,1H3,(H,17,18). The van der Waals surface area contributed by atoms with E-state index in [0.29, 0.717) is 13.0 Å². The molecule has 20 heavy (non-hydrogen) atoms. The molecule has 2 unspecified atom stereocenters. The van der Waals surface area contributed by atoms with Gasteiger partial charge in [0, 0.05) is 12.7 Å². The summed E-state index contributed by atoms with van der Waals surface area (Å²) < 4.78 is 0. The third-order valence-corrected chi connectivity index (χ3v) is 3.43. The van der Waals surface area contributed by atoms with E-state index < -0.39 is 22.6 Å². The van der Waals surface area contributed by atoms with E-state index in [-0.39, 0.29) is 17.3 Å². The molecule has 1 aliphatic heterocycles. The number of nitrogens with zero attached hydrogens (tertiary/aromatic N) is 4. The molecule has 0 saturated carbocycles. The molecule has 2 atom stereocenters. The number of nitriles is 1. The topological polar surface area (TPSA) is 120 Å². The summed E-state index contributed by atoms with van der Waals surface area (Å²) in [7, 11) is 0. The average molecular weight is 276 g/mol. The Bertz CT molecular complexity index is 610. The SMILES string of the molecule is CC1CCN(c2nccc(C#N)c2[N+](=O)[O-])C1C(=O)O. The maximum atomic E-state index is 11.3. The van der Waals surface area contributed by atoms with Crippen molar-refractivity contribution < 1.29 is 14.8 Å². The van der Waals surface area contributed by atoms with Crippen LogP contribution >= 0.6 is 0 Å². The molecule has 8 heteroatoms. The van der Waals surface area contributed by atoms with Gasteiger partial charge >= 0.3 is 11.7 Å². The third kappa shape index (κ3) is 2.14. The Morgan fingerprint density at radius 1 is 1.70 bits per heavy atom. The Morgan fingerprint density at radius 3 is 2.95 bits per heavy atom. The van der Waals surface area contributed by atoms with Crippen LogP contribution in [0.2, 0.25) is 0 Å². The number of pyridine rings is 1. The van der Waals surface area contributed by atoms with Gasteiger partial charge in [0.15, 0.2) is 0 Å². The molecule has 0 spiro atoms. The van der Waals surface area contributed by atoms with Crippen molar-refractivity contribution in [3.8, 4) is 6.07 Å². The van der Waals surface area contributed by atoms with Gasteiger partial charge in [-0.2, -0.15) is 5.26 Å². The van der Waals surface area contributed by atoms with Crippen LogP contribution in [0.5, 0.6) is 0 Å². The van der Waals surface area contributed by atoms with Crippen molar-refractivity contribution in [3.05, 3.63) is 27.9 Å². The number of aromatic nitrogens is 1. The lowest BCUT2D eigenvalue weighted by molar-refractivity contribution is -0.384. The smallest absolute Gasteiger partial charge is 0.329 e. The summed E-state index contributed by atoms with van der Waals surface area (Å²) in [6.07, 6.45) is 1.88. The van der Waals surface area contributed by atoms with Gasteiger partial charge < -0.3 is 10.0 Å². The highest BCUT2D eigenvalue weighted by molar-refractivity contribution is 5.81. The van der Waals surface area contributed by atoms with E-state index in [1.54, 1.807) is 13.0 Å². The lowest BCUT2D eigenvalue weighted by atomic mass is 10.0. The molecule has 104 valence electrons. The van der Waals surface area contributed by atoms with Crippen molar-refractivity contribution >= 4 is 17.5 Å². The monoisotopic (exact) mass is 276 g/mol. The highest BCUT2D eigenvalue weighted by Crippen LogP contribution is 2.35. The molecule has 1 aromatic heterocycles. The third-order valence-electron chi connectivity index (χ3n) is 3.43. The molecule has 8 nitrogen and oxygen atoms in total. The minimum Gasteiger partial charge on any atom is -0.480 e. The quantitative estimate of drug-likeness (QED) is 0.649. The Balaban J connectivity index is 2.56. The van der Waals surface area contributed by atoms with E-state index >= 15 is 0 Å². The van der Waals surface area contributed by atoms with Crippen LogP contribution in [0.3, 0.4) is 0 Å². The molecule has 0 aliphatic carbocycles. The second-order valence-corrected chi connectivity index (χ2v) is 4.64. The molecule has 0 radical (unpaired) electrons. The Hall–Kier alpha value is -2.69. The first-order valence-corrected chi connectivity index (χ1v) is 6.00. The largest absolute Gasteiger partial charge is 0.480 e. The molecule has 1 N–H and O–H groups in total. The first-order chi connectivity index (χ1) is 9.47. The van der Waals surface area contributed by atoms with Gasteiger partial charge in [-0.15, -0.1) is 0 Å². The number of hydrogen-bond acceptors (Lipinski definition) is 6. The van der Waals surface area contributed by atoms with Gasteiger partial charge in [-0.25, -0.2) is 9.78 Å². The summed E-state index contributed by atoms with van der Waals surface area (Å²) in [5.41, 5.74) is -0.556. The van der Waals surface area contributed by atoms with Crippen LogP contribution in [0.15, 0.2) is 12.3 Å². The van der Waals surface area contributed by atoms with Crippen LogP contribution in [-0.4, -0.2) is 33.6 Å². The van der Waals surface area contributed by atoms with Gasteiger partial charge in [0.25, 0.3) is 0 Å². The van der Waals surface area contributed by atoms with Gasteiger partial charge in [0.05, 0.1) is 4.92 Å². The van der Waals surface area contributed by atoms with Crippen molar-refractivity contribution in [2.45, 2.75) is 19.4 Å². The number of aliphatic carboxylic acids is 1. The first-order valence-electron chi connectivity index (χ1n) is 6.00. The zero-order valence-electron chi connectivity index (χ0n) is 10.7. The fourth-order valence-corrected chi connectivity index (χ4v) is 2.48. The molecule has 0 amide bonds. The summed E-state index contributed by atoms with van der Waals surface area (Å²) in [6, 6.07) is 2.12. The summed E-state index contributed by atoms with van der Waals surface area (Å²) >= 11 is 0. The van der Waals surface area contributed by atoms with Crippen LogP contribution in [0, 0.1) is 27.4 Å². The fourth-order valence-electron chi connectivity index (χ4n) is 2.48. The molecular formula is C12H12N4O4. The van der Waals surface area contributed by atoms with E-state index in [9.17, 15) is 20.0 Å². The summed E-state index contributed by atoms with van der Waals surface area (Å²) in [5.74, 6) is -1.24. The Morgan fingerprint density at radius 2 is 2.40 bits per heavy atom. The van der Waals surface area contributed by atoms with Crippen molar-refractivity contribution in [3.63, 3.8) is 0 Å². The van der Waals surface area contributed by atoms with Crippen molar-refractivity contribution in [1.82, 2.24) is 4.98 Å². The number of carbonyl (C=O) groups is 1. The van der Waals surface area contributed by atoms with Crippen molar-refractivity contribution in [2.24, 2.45) is 5.92 Å². The van der Waals surface area contributed by atoms with E-state index in [2.05, 4.69) is 4.98 Å². The molecular weight excluding hydrogens is 264 g/mol. The number of rotatable bonds is 3. The second-order valence-electron chi connectivity index (χ2n) is 4.64. The molecule has 1 aliphatic rings. The van der Waals surface area contributed by atoms with Crippen LogP contribution < -0.4 is 4.90 Å². The molecule has 2 rings (SSSR count).